The predicted octanol–water partition coefficient (Wildman–Crippen LogP) is 4.74. The van der Waals surface area contributed by atoms with Gasteiger partial charge in [-0.3, -0.25) is 4.99 Å². The number of aromatic hydroxyl groups is 1. The number of imidazole rings is 1. The first-order valence-corrected chi connectivity index (χ1v) is 8.45. The molecule has 28 heavy (non-hydrogen) atoms. The monoisotopic (exact) mass is 391 g/mol. The van der Waals surface area contributed by atoms with Crippen molar-refractivity contribution in [3.63, 3.8) is 0 Å². The molecule has 0 bridgehead atoms. The molecule has 0 saturated carbocycles. The lowest BCUT2D eigenvalue weighted by Gasteiger charge is -2.14. The number of nitrogens with zero attached hydrogens (tertiary/aromatic N) is 2. The van der Waals surface area contributed by atoms with E-state index in [1.54, 1.807) is 13.1 Å². The average molecular weight is 391 g/mol. The Morgan fingerprint density at radius 1 is 1.18 bits per heavy atom. The van der Waals surface area contributed by atoms with Crippen molar-refractivity contribution in [2.45, 2.75) is 25.6 Å². The van der Waals surface area contributed by atoms with Crippen molar-refractivity contribution in [2.24, 2.45) is 4.99 Å². The number of alkyl halides is 3. The molecule has 2 N–H and O–H groups in total. The van der Waals surface area contributed by atoms with E-state index in [1.807, 2.05) is 0 Å². The summed E-state index contributed by atoms with van der Waals surface area (Å²) in [6.45, 7) is 1.81. The fourth-order valence-electron chi connectivity index (χ4n) is 2.80. The maximum atomic E-state index is 13.8. The average Bonchev–Trinajstić information content (AvgIpc) is 3.14. The van der Waals surface area contributed by atoms with Crippen molar-refractivity contribution in [1.82, 2.24) is 9.97 Å². The van der Waals surface area contributed by atoms with Gasteiger partial charge in [0.2, 0.25) is 0 Å². The second-order valence-electron chi connectivity index (χ2n) is 6.34. The molecule has 1 atom stereocenters. The van der Waals surface area contributed by atoms with Gasteiger partial charge in [0.05, 0.1) is 23.6 Å². The van der Waals surface area contributed by atoms with Crippen molar-refractivity contribution in [1.29, 1.82) is 0 Å². The van der Waals surface area contributed by atoms with Gasteiger partial charge in [0, 0.05) is 29.4 Å². The highest BCUT2D eigenvalue weighted by molar-refractivity contribution is 6.14. The fraction of sp³-hybridized carbons (Fsp3) is 0.200. The van der Waals surface area contributed by atoms with Gasteiger partial charge in [0.25, 0.3) is 0 Å². The van der Waals surface area contributed by atoms with Crippen molar-refractivity contribution in [3.8, 4) is 5.75 Å². The van der Waals surface area contributed by atoms with Crippen LogP contribution in [0.2, 0.25) is 0 Å². The maximum absolute atomic E-state index is 13.8. The predicted molar refractivity (Wildman–Crippen MR) is 96.9 cm³/mol. The molecular weight excluding hydrogens is 374 g/mol. The largest absolute Gasteiger partial charge is 0.507 e. The SMILES string of the molecule is C[C@H](Cc1cnc[nH]1)N=C(c1ccc(C(F)(F)F)cc1)c1cc(F)ccc1O. The van der Waals surface area contributed by atoms with Crippen LogP contribution >= 0.6 is 0 Å². The second kappa shape index (κ2) is 7.84. The summed E-state index contributed by atoms with van der Waals surface area (Å²) >= 11 is 0. The summed E-state index contributed by atoms with van der Waals surface area (Å²) < 4.78 is 52.3. The van der Waals surface area contributed by atoms with Gasteiger partial charge in [-0.05, 0) is 37.3 Å². The van der Waals surface area contributed by atoms with Crippen LogP contribution in [0.4, 0.5) is 17.6 Å². The van der Waals surface area contributed by atoms with Crippen LogP contribution in [-0.4, -0.2) is 26.8 Å². The van der Waals surface area contributed by atoms with Crippen molar-refractivity contribution < 1.29 is 22.7 Å². The van der Waals surface area contributed by atoms with Crippen LogP contribution in [-0.2, 0) is 12.6 Å². The number of benzene rings is 2. The number of hydrogen-bond acceptors (Lipinski definition) is 3. The molecule has 0 aliphatic carbocycles. The molecule has 4 nitrogen and oxygen atoms in total. The van der Waals surface area contributed by atoms with Crippen molar-refractivity contribution in [3.05, 3.63) is 83.2 Å². The molecule has 0 aliphatic rings. The Labute approximate surface area is 158 Å². The van der Waals surface area contributed by atoms with Gasteiger partial charge in [-0.25, -0.2) is 9.37 Å². The molecule has 0 aliphatic heterocycles. The lowest BCUT2D eigenvalue weighted by atomic mass is 9.99. The Kier molecular flexibility index (Phi) is 5.48. The summed E-state index contributed by atoms with van der Waals surface area (Å²) in [4.78, 5) is 11.4. The van der Waals surface area contributed by atoms with Crippen LogP contribution in [0, 0.1) is 5.82 Å². The van der Waals surface area contributed by atoms with Gasteiger partial charge >= 0.3 is 6.18 Å². The Hall–Kier alpha value is -3.16. The number of halogens is 4. The Balaban J connectivity index is 2.03. The minimum absolute atomic E-state index is 0.108. The summed E-state index contributed by atoms with van der Waals surface area (Å²) in [6, 6.07) is 7.46. The minimum Gasteiger partial charge on any atom is -0.507 e. The normalized spacial score (nSPS) is 13.5. The third kappa shape index (κ3) is 4.57. The lowest BCUT2D eigenvalue weighted by Crippen LogP contribution is -2.13. The van der Waals surface area contributed by atoms with E-state index in [-0.39, 0.29) is 23.1 Å². The van der Waals surface area contributed by atoms with E-state index in [9.17, 15) is 22.7 Å². The number of nitrogens with one attached hydrogen (secondary N) is 1. The van der Waals surface area contributed by atoms with E-state index in [4.69, 9.17) is 0 Å². The van der Waals surface area contributed by atoms with E-state index in [1.165, 1.54) is 24.5 Å². The Morgan fingerprint density at radius 2 is 1.89 bits per heavy atom. The quantitative estimate of drug-likeness (QED) is 0.487. The van der Waals surface area contributed by atoms with E-state index in [0.717, 1.165) is 30.0 Å². The number of aromatic nitrogens is 2. The zero-order chi connectivity index (χ0) is 20.3. The highest BCUT2D eigenvalue weighted by Gasteiger charge is 2.30. The summed E-state index contributed by atoms with van der Waals surface area (Å²) in [6.07, 6.45) is -0.810. The van der Waals surface area contributed by atoms with Crippen LogP contribution in [0.15, 0.2) is 60.0 Å². The summed E-state index contributed by atoms with van der Waals surface area (Å²) in [7, 11) is 0. The molecule has 0 amide bonds. The number of hydrogen-bond donors (Lipinski definition) is 2. The van der Waals surface area contributed by atoms with Crippen LogP contribution in [0.3, 0.4) is 0 Å². The number of aromatic amines is 1. The molecule has 3 aromatic rings. The molecule has 0 unspecified atom stereocenters. The zero-order valence-corrected chi connectivity index (χ0v) is 14.8. The summed E-state index contributed by atoms with van der Waals surface area (Å²) in [5.74, 6) is -0.803. The maximum Gasteiger partial charge on any atom is 0.416 e. The fourth-order valence-corrected chi connectivity index (χ4v) is 2.80. The number of phenols is 1. The van der Waals surface area contributed by atoms with Gasteiger partial charge in [-0.2, -0.15) is 13.2 Å². The minimum atomic E-state index is -4.47. The molecule has 0 spiro atoms. The third-order valence-corrected chi connectivity index (χ3v) is 4.12. The first-order valence-electron chi connectivity index (χ1n) is 8.45. The van der Waals surface area contributed by atoms with Crippen LogP contribution in [0.25, 0.3) is 0 Å². The topological polar surface area (TPSA) is 61.3 Å². The summed E-state index contributed by atoms with van der Waals surface area (Å²) in [5, 5.41) is 10.2. The lowest BCUT2D eigenvalue weighted by molar-refractivity contribution is -0.137. The Bertz CT molecular complexity index is 964. The zero-order valence-electron chi connectivity index (χ0n) is 14.8. The van der Waals surface area contributed by atoms with Crippen LogP contribution < -0.4 is 0 Å². The molecule has 0 fully saturated rings. The molecule has 2 aromatic carbocycles. The van der Waals surface area contributed by atoms with Crippen molar-refractivity contribution >= 4 is 5.71 Å². The van der Waals surface area contributed by atoms with E-state index in [2.05, 4.69) is 15.0 Å². The number of H-pyrrole nitrogens is 1. The van der Waals surface area contributed by atoms with Crippen LogP contribution in [0.1, 0.15) is 29.3 Å². The van der Waals surface area contributed by atoms with Gasteiger partial charge in [-0.1, -0.05) is 12.1 Å². The van der Waals surface area contributed by atoms with Crippen molar-refractivity contribution in [2.75, 3.05) is 0 Å². The molecule has 1 heterocycles. The van der Waals surface area contributed by atoms with Gasteiger partial charge in [0.15, 0.2) is 0 Å². The molecule has 146 valence electrons. The first-order chi connectivity index (χ1) is 13.2. The van der Waals surface area contributed by atoms with Gasteiger partial charge < -0.3 is 10.1 Å². The van der Waals surface area contributed by atoms with Gasteiger partial charge in [0.1, 0.15) is 11.6 Å². The number of rotatable bonds is 5. The second-order valence-corrected chi connectivity index (χ2v) is 6.34. The van der Waals surface area contributed by atoms with E-state index in [0.29, 0.717) is 12.0 Å². The summed E-state index contributed by atoms with van der Waals surface area (Å²) in [5.41, 5.74) is 0.676. The standard InChI is InChI=1S/C20H17F4N3O/c1-12(8-16-10-25-11-26-16)27-19(17-9-15(21)6-7-18(17)28)13-2-4-14(5-3-13)20(22,23)24/h2-7,9-12,28H,8H2,1H3,(H,25,26)/t12-/m1/s1. The van der Waals surface area contributed by atoms with E-state index < -0.39 is 17.6 Å². The van der Waals surface area contributed by atoms with Crippen LogP contribution in [0.5, 0.6) is 5.75 Å². The van der Waals surface area contributed by atoms with Gasteiger partial charge in [-0.15, -0.1) is 0 Å². The molecule has 0 saturated heterocycles. The molecule has 0 radical (unpaired) electrons. The highest BCUT2D eigenvalue weighted by atomic mass is 19.4. The molecular formula is C20H17F4N3O. The number of phenolic OH excluding ortho intramolecular Hbond substituents is 1. The van der Waals surface area contributed by atoms with E-state index >= 15 is 0 Å². The molecule has 3 rings (SSSR count). The molecule has 8 heteroatoms. The first kappa shape index (κ1) is 19.6. The third-order valence-electron chi connectivity index (χ3n) is 4.12. The highest BCUT2D eigenvalue weighted by Crippen LogP contribution is 2.30. The molecule has 1 aromatic heterocycles. The Morgan fingerprint density at radius 3 is 2.50 bits per heavy atom. The smallest absolute Gasteiger partial charge is 0.416 e. The number of aliphatic imine (C=N–C) groups is 1.